The van der Waals surface area contributed by atoms with E-state index in [1.807, 2.05) is 12.3 Å². The van der Waals surface area contributed by atoms with Gasteiger partial charge in [0.1, 0.15) is 11.4 Å². The molecule has 0 radical (unpaired) electrons. The normalized spacial score (nSPS) is 19.5. The lowest BCUT2D eigenvalue weighted by molar-refractivity contribution is 0.0844. The molecule has 1 aromatic heterocycles. The van der Waals surface area contributed by atoms with E-state index in [0.717, 1.165) is 18.6 Å². The molecule has 0 atom stereocenters. The minimum absolute atomic E-state index is 0.00560. The van der Waals surface area contributed by atoms with Gasteiger partial charge in [0.05, 0.1) is 0 Å². The van der Waals surface area contributed by atoms with Crippen molar-refractivity contribution < 1.29 is 4.74 Å². The molecule has 64 valence electrons. The Morgan fingerprint density at radius 3 is 3.17 bits per heavy atom. The van der Waals surface area contributed by atoms with Crippen LogP contribution >= 0.6 is 0 Å². The number of hydrogen-bond acceptors (Lipinski definition) is 2. The van der Waals surface area contributed by atoms with Crippen LogP contribution in [0, 0.1) is 0 Å². The molecule has 2 nitrogen and oxygen atoms in total. The SMILES string of the molecule is CC1(C)CCc2cnccc2O1. The van der Waals surface area contributed by atoms with Crippen LogP contribution in [0.4, 0.5) is 0 Å². The summed E-state index contributed by atoms with van der Waals surface area (Å²) >= 11 is 0. The predicted molar refractivity (Wildman–Crippen MR) is 47.3 cm³/mol. The number of aryl methyl sites for hydroxylation is 1. The second kappa shape index (κ2) is 2.47. The van der Waals surface area contributed by atoms with Gasteiger partial charge < -0.3 is 4.74 Å². The number of pyridine rings is 1. The van der Waals surface area contributed by atoms with Gasteiger partial charge in [-0.05, 0) is 32.8 Å². The van der Waals surface area contributed by atoms with E-state index in [2.05, 4.69) is 18.8 Å². The van der Waals surface area contributed by atoms with E-state index >= 15 is 0 Å². The molecule has 0 aromatic carbocycles. The fraction of sp³-hybridized carbons (Fsp3) is 0.500. The molecule has 1 aliphatic heterocycles. The van der Waals surface area contributed by atoms with E-state index in [4.69, 9.17) is 4.74 Å². The van der Waals surface area contributed by atoms with Gasteiger partial charge in [-0.2, -0.15) is 0 Å². The van der Waals surface area contributed by atoms with Gasteiger partial charge in [0.25, 0.3) is 0 Å². The maximum Gasteiger partial charge on any atom is 0.126 e. The molecule has 1 aromatic rings. The zero-order valence-electron chi connectivity index (χ0n) is 7.50. The first kappa shape index (κ1) is 7.59. The maximum atomic E-state index is 5.78. The molecule has 12 heavy (non-hydrogen) atoms. The van der Waals surface area contributed by atoms with Crippen molar-refractivity contribution >= 4 is 0 Å². The van der Waals surface area contributed by atoms with Gasteiger partial charge >= 0.3 is 0 Å². The Kier molecular flexibility index (Phi) is 1.56. The Balaban J connectivity index is 2.35. The van der Waals surface area contributed by atoms with Crippen molar-refractivity contribution in [3.8, 4) is 5.75 Å². The third kappa shape index (κ3) is 1.29. The molecule has 0 unspecified atom stereocenters. The average molecular weight is 163 g/mol. The Bertz CT molecular complexity index is 294. The summed E-state index contributed by atoms with van der Waals surface area (Å²) in [6.07, 6.45) is 5.83. The van der Waals surface area contributed by atoms with E-state index < -0.39 is 0 Å². The highest BCUT2D eigenvalue weighted by Gasteiger charge is 2.25. The standard InChI is InChI=1S/C10H13NO/c1-10(2)5-3-8-7-11-6-4-9(8)12-10/h4,6-7H,3,5H2,1-2H3. The van der Waals surface area contributed by atoms with Gasteiger partial charge in [-0.3, -0.25) is 4.98 Å². The highest BCUT2D eigenvalue weighted by atomic mass is 16.5. The van der Waals surface area contributed by atoms with Crippen LogP contribution in [-0.4, -0.2) is 10.6 Å². The van der Waals surface area contributed by atoms with E-state index in [1.54, 1.807) is 6.20 Å². The number of ether oxygens (including phenoxy) is 1. The number of hydrogen-bond donors (Lipinski definition) is 0. The summed E-state index contributed by atoms with van der Waals surface area (Å²) in [6.45, 7) is 4.24. The summed E-state index contributed by atoms with van der Waals surface area (Å²) in [6, 6.07) is 1.94. The second-order valence-corrected chi connectivity index (χ2v) is 3.85. The largest absolute Gasteiger partial charge is 0.487 e. The van der Waals surface area contributed by atoms with Crippen LogP contribution < -0.4 is 4.74 Å². The Hall–Kier alpha value is -1.05. The maximum absolute atomic E-state index is 5.78. The molecule has 2 heteroatoms. The van der Waals surface area contributed by atoms with Crippen molar-refractivity contribution in [2.45, 2.75) is 32.3 Å². The van der Waals surface area contributed by atoms with Crippen LogP contribution in [0.2, 0.25) is 0 Å². The molecule has 0 N–H and O–H groups in total. The number of aromatic nitrogens is 1. The highest BCUT2D eigenvalue weighted by molar-refractivity contribution is 5.32. The molecule has 0 aliphatic carbocycles. The first-order chi connectivity index (χ1) is 5.67. The minimum Gasteiger partial charge on any atom is -0.487 e. The summed E-state index contributed by atoms with van der Waals surface area (Å²) in [5.74, 6) is 1.00. The van der Waals surface area contributed by atoms with Crippen molar-refractivity contribution in [3.63, 3.8) is 0 Å². The molecule has 1 aliphatic rings. The molecule has 2 heterocycles. The fourth-order valence-corrected chi connectivity index (χ4v) is 1.49. The molecule has 0 amide bonds. The Morgan fingerprint density at radius 2 is 2.33 bits per heavy atom. The highest BCUT2D eigenvalue weighted by Crippen LogP contribution is 2.31. The smallest absolute Gasteiger partial charge is 0.126 e. The van der Waals surface area contributed by atoms with Gasteiger partial charge in [0.2, 0.25) is 0 Å². The zero-order chi connectivity index (χ0) is 8.60. The monoisotopic (exact) mass is 163 g/mol. The van der Waals surface area contributed by atoms with Crippen LogP contribution in [0.5, 0.6) is 5.75 Å². The predicted octanol–water partition coefficient (Wildman–Crippen LogP) is 2.19. The summed E-state index contributed by atoms with van der Waals surface area (Å²) in [4.78, 5) is 4.07. The lowest BCUT2D eigenvalue weighted by atomic mass is 9.95. The summed E-state index contributed by atoms with van der Waals surface area (Å²) in [5.41, 5.74) is 1.23. The number of fused-ring (bicyclic) bond motifs is 1. The van der Waals surface area contributed by atoms with Crippen molar-refractivity contribution in [3.05, 3.63) is 24.0 Å². The average Bonchev–Trinajstić information content (AvgIpc) is 2.02. The molecule has 0 saturated heterocycles. The number of rotatable bonds is 0. The summed E-state index contributed by atoms with van der Waals surface area (Å²) in [5, 5.41) is 0. The van der Waals surface area contributed by atoms with E-state index in [9.17, 15) is 0 Å². The molecule has 2 rings (SSSR count). The molecule has 0 saturated carbocycles. The Morgan fingerprint density at radius 1 is 1.50 bits per heavy atom. The van der Waals surface area contributed by atoms with E-state index in [0.29, 0.717) is 0 Å². The van der Waals surface area contributed by atoms with E-state index in [1.165, 1.54) is 5.56 Å². The third-order valence-corrected chi connectivity index (χ3v) is 2.24. The van der Waals surface area contributed by atoms with Crippen LogP contribution in [0.3, 0.4) is 0 Å². The van der Waals surface area contributed by atoms with Gasteiger partial charge in [-0.1, -0.05) is 0 Å². The lowest BCUT2D eigenvalue weighted by Gasteiger charge is -2.32. The first-order valence-corrected chi connectivity index (χ1v) is 4.29. The topological polar surface area (TPSA) is 22.1 Å². The van der Waals surface area contributed by atoms with Crippen molar-refractivity contribution in [2.75, 3.05) is 0 Å². The van der Waals surface area contributed by atoms with E-state index in [-0.39, 0.29) is 5.60 Å². The van der Waals surface area contributed by atoms with Crippen LogP contribution in [0.1, 0.15) is 25.8 Å². The van der Waals surface area contributed by atoms with Gasteiger partial charge in [-0.15, -0.1) is 0 Å². The molecule has 0 bridgehead atoms. The van der Waals surface area contributed by atoms with Crippen molar-refractivity contribution in [2.24, 2.45) is 0 Å². The zero-order valence-corrected chi connectivity index (χ0v) is 7.50. The summed E-state index contributed by atoms with van der Waals surface area (Å²) in [7, 11) is 0. The second-order valence-electron chi connectivity index (χ2n) is 3.85. The van der Waals surface area contributed by atoms with Crippen molar-refractivity contribution in [1.82, 2.24) is 4.98 Å². The Labute approximate surface area is 72.6 Å². The molecule has 0 spiro atoms. The van der Waals surface area contributed by atoms with Gasteiger partial charge in [-0.25, -0.2) is 0 Å². The van der Waals surface area contributed by atoms with Crippen LogP contribution in [-0.2, 0) is 6.42 Å². The minimum atomic E-state index is -0.00560. The van der Waals surface area contributed by atoms with Crippen LogP contribution in [0.25, 0.3) is 0 Å². The quantitative estimate of drug-likeness (QED) is 0.585. The molecular weight excluding hydrogens is 150 g/mol. The van der Waals surface area contributed by atoms with Gasteiger partial charge in [0, 0.05) is 18.0 Å². The molecular formula is C10H13NO. The summed E-state index contributed by atoms with van der Waals surface area (Å²) < 4.78 is 5.78. The first-order valence-electron chi connectivity index (χ1n) is 4.29. The van der Waals surface area contributed by atoms with Crippen LogP contribution in [0.15, 0.2) is 18.5 Å². The molecule has 0 fully saturated rings. The number of nitrogens with zero attached hydrogens (tertiary/aromatic N) is 1. The fourth-order valence-electron chi connectivity index (χ4n) is 1.49. The lowest BCUT2D eigenvalue weighted by Crippen LogP contribution is -2.32. The third-order valence-electron chi connectivity index (χ3n) is 2.24. The van der Waals surface area contributed by atoms with Gasteiger partial charge in [0.15, 0.2) is 0 Å². The van der Waals surface area contributed by atoms with Crippen molar-refractivity contribution in [1.29, 1.82) is 0 Å².